The van der Waals surface area contributed by atoms with Gasteiger partial charge >= 0.3 is 11.9 Å². The van der Waals surface area contributed by atoms with Crippen molar-refractivity contribution in [3.8, 4) is 0 Å². The molecule has 0 unspecified atom stereocenters. The van der Waals surface area contributed by atoms with E-state index in [1.165, 1.54) is 0 Å². The lowest BCUT2D eigenvalue weighted by Crippen LogP contribution is -2.03. The van der Waals surface area contributed by atoms with Gasteiger partial charge in [-0.3, -0.25) is 0 Å². The highest BCUT2D eigenvalue weighted by Crippen LogP contribution is 2.08. The Labute approximate surface area is 73.9 Å². The largest absolute Gasteiger partial charge is 0.475 e. The first-order valence-corrected chi connectivity index (χ1v) is 3.64. The molecule has 0 aromatic carbocycles. The lowest BCUT2D eigenvalue weighted by Gasteiger charge is -1.95. The van der Waals surface area contributed by atoms with Crippen molar-refractivity contribution in [1.82, 2.24) is 0 Å². The van der Waals surface area contributed by atoms with Crippen LogP contribution in [-0.4, -0.2) is 23.7 Å². The Hall–Kier alpha value is -1.78. The number of hydrogen-bond acceptors (Lipinski definition) is 4. The van der Waals surface area contributed by atoms with E-state index in [9.17, 15) is 9.59 Å². The Balaban J connectivity index is 2.79. The lowest BCUT2D eigenvalue weighted by atomic mass is 10.3. The van der Waals surface area contributed by atoms with Crippen LogP contribution in [0.4, 0.5) is 0 Å². The number of carbonyl (C=O) groups excluding carboxylic acids is 1. The number of rotatable bonds is 3. The second-order valence-electron chi connectivity index (χ2n) is 2.23. The molecule has 1 N–H and O–H groups in total. The van der Waals surface area contributed by atoms with Gasteiger partial charge in [0.05, 0.1) is 12.2 Å². The summed E-state index contributed by atoms with van der Waals surface area (Å²) in [6.45, 7) is 1.91. The summed E-state index contributed by atoms with van der Waals surface area (Å²) in [6, 6.07) is 1.13. The highest BCUT2D eigenvalue weighted by atomic mass is 16.5. The molecule has 0 spiro atoms. The first kappa shape index (κ1) is 9.31. The minimum atomic E-state index is -1.21. The maximum absolute atomic E-state index is 11.0. The molecule has 5 heteroatoms. The third-order valence-electron chi connectivity index (χ3n) is 1.32. The minimum Gasteiger partial charge on any atom is -0.475 e. The molecule has 0 saturated carbocycles. The second-order valence-corrected chi connectivity index (χ2v) is 2.23. The van der Waals surface area contributed by atoms with Crippen molar-refractivity contribution in [2.75, 3.05) is 6.61 Å². The van der Waals surface area contributed by atoms with Crippen LogP contribution in [0.3, 0.4) is 0 Å². The van der Waals surface area contributed by atoms with E-state index in [4.69, 9.17) is 5.11 Å². The van der Waals surface area contributed by atoms with Gasteiger partial charge in [-0.25, -0.2) is 9.59 Å². The van der Waals surface area contributed by atoms with Crippen LogP contribution in [0.25, 0.3) is 0 Å². The summed E-state index contributed by atoms with van der Waals surface area (Å²) in [4.78, 5) is 21.4. The van der Waals surface area contributed by atoms with E-state index in [1.54, 1.807) is 6.92 Å². The average Bonchev–Trinajstić information content (AvgIpc) is 2.52. The summed E-state index contributed by atoms with van der Waals surface area (Å²) < 4.78 is 9.22. The van der Waals surface area contributed by atoms with Crippen LogP contribution in [-0.2, 0) is 4.74 Å². The van der Waals surface area contributed by atoms with Gasteiger partial charge in [-0.05, 0) is 6.92 Å². The molecule has 0 aliphatic rings. The van der Waals surface area contributed by atoms with Crippen molar-refractivity contribution >= 4 is 11.9 Å². The molecule has 0 bridgehead atoms. The number of hydrogen-bond donors (Lipinski definition) is 1. The Kier molecular flexibility index (Phi) is 2.69. The Bertz CT molecular complexity index is 325. The molecule has 0 atom stereocenters. The summed E-state index contributed by atoms with van der Waals surface area (Å²) in [5.74, 6) is -2.07. The van der Waals surface area contributed by atoms with Gasteiger partial charge in [-0.1, -0.05) is 0 Å². The lowest BCUT2D eigenvalue weighted by molar-refractivity contribution is 0.0525. The predicted molar refractivity (Wildman–Crippen MR) is 41.6 cm³/mol. The highest BCUT2D eigenvalue weighted by molar-refractivity contribution is 5.93. The number of carboxylic acid groups (broad SMARTS) is 1. The maximum atomic E-state index is 11.0. The van der Waals surface area contributed by atoms with E-state index < -0.39 is 11.9 Å². The standard InChI is InChI=1S/C8H8O5/c1-2-12-8(11)5-3-6(7(9)10)13-4-5/h3-4H,2H2,1H3,(H,9,10). The molecule has 0 fully saturated rings. The third-order valence-corrected chi connectivity index (χ3v) is 1.32. The highest BCUT2D eigenvalue weighted by Gasteiger charge is 2.14. The second kappa shape index (κ2) is 3.75. The van der Waals surface area contributed by atoms with Crippen LogP contribution in [0.1, 0.15) is 27.8 Å². The number of ether oxygens (including phenoxy) is 1. The van der Waals surface area contributed by atoms with Gasteiger partial charge in [-0.15, -0.1) is 0 Å². The smallest absolute Gasteiger partial charge is 0.371 e. The Morgan fingerprint density at radius 1 is 1.62 bits per heavy atom. The fourth-order valence-electron chi connectivity index (χ4n) is 0.770. The van der Waals surface area contributed by atoms with Gasteiger partial charge in [0.2, 0.25) is 5.76 Å². The van der Waals surface area contributed by atoms with Crippen molar-refractivity contribution in [3.63, 3.8) is 0 Å². The first-order chi connectivity index (χ1) is 6.15. The molecule has 0 aliphatic heterocycles. The molecule has 1 heterocycles. The molecule has 0 amide bonds. The molecule has 0 radical (unpaired) electrons. The molecule has 70 valence electrons. The molecule has 1 aromatic heterocycles. The monoisotopic (exact) mass is 184 g/mol. The Morgan fingerprint density at radius 2 is 2.31 bits per heavy atom. The van der Waals surface area contributed by atoms with E-state index in [0.29, 0.717) is 0 Å². The van der Waals surface area contributed by atoms with Crippen molar-refractivity contribution in [2.24, 2.45) is 0 Å². The maximum Gasteiger partial charge on any atom is 0.371 e. The van der Waals surface area contributed by atoms with E-state index in [0.717, 1.165) is 12.3 Å². The Morgan fingerprint density at radius 3 is 2.77 bits per heavy atom. The first-order valence-electron chi connectivity index (χ1n) is 3.64. The zero-order valence-corrected chi connectivity index (χ0v) is 6.94. The predicted octanol–water partition coefficient (Wildman–Crippen LogP) is 1.15. The number of carbonyl (C=O) groups is 2. The summed E-state index contributed by atoms with van der Waals surface area (Å²) in [6.07, 6.45) is 1.06. The van der Waals surface area contributed by atoms with Crippen molar-refractivity contribution in [3.05, 3.63) is 23.7 Å². The number of esters is 1. The number of furan rings is 1. The molecule has 1 aromatic rings. The van der Waals surface area contributed by atoms with Crippen LogP contribution in [0.2, 0.25) is 0 Å². The van der Waals surface area contributed by atoms with Gasteiger partial charge in [0.25, 0.3) is 0 Å². The molecular formula is C8H8O5. The fourth-order valence-corrected chi connectivity index (χ4v) is 0.770. The fraction of sp³-hybridized carbons (Fsp3) is 0.250. The summed E-state index contributed by atoms with van der Waals surface area (Å²) in [7, 11) is 0. The molecule has 5 nitrogen and oxygen atoms in total. The zero-order chi connectivity index (χ0) is 9.84. The summed E-state index contributed by atoms with van der Waals surface area (Å²) >= 11 is 0. The third kappa shape index (κ3) is 2.08. The summed E-state index contributed by atoms with van der Waals surface area (Å²) in [5, 5.41) is 8.46. The molecule has 0 saturated heterocycles. The van der Waals surface area contributed by atoms with Crippen LogP contribution in [0.5, 0.6) is 0 Å². The van der Waals surface area contributed by atoms with Gasteiger partial charge in [-0.2, -0.15) is 0 Å². The van der Waals surface area contributed by atoms with Gasteiger partial charge in [0.1, 0.15) is 6.26 Å². The normalized spacial score (nSPS) is 9.62. The van der Waals surface area contributed by atoms with Crippen LogP contribution < -0.4 is 0 Å². The zero-order valence-electron chi connectivity index (χ0n) is 6.94. The number of carboxylic acids is 1. The minimum absolute atomic E-state index is 0.110. The quantitative estimate of drug-likeness (QED) is 0.713. The molecular weight excluding hydrogens is 176 g/mol. The molecule has 0 aliphatic carbocycles. The van der Waals surface area contributed by atoms with Crippen molar-refractivity contribution < 1.29 is 23.8 Å². The average molecular weight is 184 g/mol. The SMILES string of the molecule is CCOC(=O)c1coc(C(=O)O)c1. The van der Waals surface area contributed by atoms with Crippen LogP contribution in [0, 0.1) is 0 Å². The van der Waals surface area contributed by atoms with Gasteiger partial charge < -0.3 is 14.3 Å². The van der Waals surface area contributed by atoms with Gasteiger partial charge in [0, 0.05) is 6.07 Å². The van der Waals surface area contributed by atoms with E-state index in [-0.39, 0.29) is 17.9 Å². The topological polar surface area (TPSA) is 76.7 Å². The molecule has 1 rings (SSSR count). The van der Waals surface area contributed by atoms with Crippen LogP contribution in [0.15, 0.2) is 16.7 Å². The van der Waals surface area contributed by atoms with Gasteiger partial charge in [0.15, 0.2) is 0 Å². The van der Waals surface area contributed by atoms with Crippen LogP contribution >= 0.6 is 0 Å². The van der Waals surface area contributed by atoms with E-state index in [1.807, 2.05) is 0 Å². The summed E-state index contributed by atoms with van der Waals surface area (Å²) in [5.41, 5.74) is 0.110. The van der Waals surface area contributed by atoms with Crippen molar-refractivity contribution in [2.45, 2.75) is 6.92 Å². The van der Waals surface area contributed by atoms with E-state index in [2.05, 4.69) is 9.15 Å². The molecule has 13 heavy (non-hydrogen) atoms. The van der Waals surface area contributed by atoms with E-state index >= 15 is 0 Å². The van der Waals surface area contributed by atoms with Crippen molar-refractivity contribution in [1.29, 1.82) is 0 Å². The number of aromatic carboxylic acids is 1.